The van der Waals surface area contributed by atoms with Crippen LogP contribution in [0.25, 0.3) is 0 Å². The van der Waals surface area contributed by atoms with Crippen molar-refractivity contribution in [3.63, 3.8) is 0 Å². The van der Waals surface area contributed by atoms with Gasteiger partial charge in [0, 0.05) is 50.1 Å². The maximum absolute atomic E-state index is 13.3. The van der Waals surface area contributed by atoms with Gasteiger partial charge in [-0.2, -0.15) is 0 Å². The molecule has 0 spiro atoms. The van der Waals surface area contributed by atoms with Gasteiger partial charge in [0.1, 0.15) is 10.8 Å². The van der Waals surface area contributed by atoms with Crippen LogP contribution in [-0.4, -0.2) is 57.9 Å². The minimum atomic E-state index is -0.0365. The van der Waals surface area contributed by atoms with Crippen LogP contribution in [0, 0.1) is 13.8 Å². The van der Waals surface area contributed by atoms with E-state index in [1.165, 1.54) is 17.3 Å². The summed E-state index contributed by atoms with van der Waals surface area (Å²) in [4.78, 5) is 34.1. The molecule has 1 fully saturated rings. The van der Waals surface area contributed by atoms with Gasteiger partial charge in [0.15, 0.2) is 0 Å². The average Bonchev–Trinajstić information content (AvgIpc) is 3.20. The van der Waals surface area contributed by atoms with Crippen molar-refractivity contribution < 1.29 is 14.1 Å². The molecule has 0 saturated carbocycles. The zero-order chi connectivity index (χ0) is 23.9. The molecule has 3 heterocycles. The normalized spacial score (nSPS) is 13.8. The molecule has 178 valence electrons. The molecule has 3 aromatic rings. The third-order valence-corrected chi connectivity index (χ3v) is 7.19. The lowest BCUT2D eigenvalue weighted by Crippen LogP contribution is -2.50. The van der Waals surface area contributed by atoms with Gasteiger partial charge in [-0.3, -0.25) is 9.59 Å². The van der Waals surface area contributed by atoms with Gasteiger partial charge < -0.3 is 14.3 Å². The van der Waals surface area contributed by atoms with Gasteiger partial charge in [0.2, 0.25) is 5.91 Å². The van der Waals surface area contributed by atoms with Crippen molar-refractivity contribution in [3.8, 4) is 0 Å². The minimum Gasteiger partial charge on any atom is -0.361 e. The van der Waals surface area contributed by atoms with Crippen LogP contribution in [0.4, 0.5) is 0 Å². The molecule has 2 amide bonds. The SMILES string of the molecule is Cc1noc(C)c1CSc1ncccc1C(=O)N1CCN(C(=O)CCCc2ccccc2)CC1. The Balaban J connectivity index is 1.29. The van der Waals surface area contributed by atoms with Crippen LogP contribution in [0.2, 0.25) is 0 Å². The fourth-order valence-corrected chi connectivity index (χ4v) is 5.23. The summed E-state index contributed by atoms with van der Waals surface area (Å²) in [7, 11) is 0. The van der Waals surface area contributed by atoms with Crippen molar-refractivity contribution in [2.75, 3.05) is 26.2 Å². The van der Waals surface area contributed by atoms with Crippen molar-refractivity contribution in [3.05, 3.63) is 76.8 Å². The number of carbonyl (C=O) groups excluding carboxylic acids is 2. The summed E-state index contributed by atoms with van der Waals surface area (Å²) in [5.41, 5.74) is 3.75. The Hall–Kier alpha value is -3.13. The average molecular weight is 479 g/mol. The molecule has 0 bridgehead atoms. The topological polar surface area (TPSA) is 79.5 Å². The molecule has 1 saturated heterocycles. The maximum Gasteiger partial charge on any atom is 0.256 e. The summed E-state index contributed by atoms with van der Waals surface area (Å²) in [5, 5.41) is 4.70. The second-order valence-corrected chi connectivity index (χ2v) is 9.42. The van der Waals surface area contributed by atoms with Crippen LogP contribution in [0.5, 0.6) is 0 Å². The molecule has 1 aliphatic rings. The number of carbonyl (C=O) groups is 2. The Labute approximate surface area is 204 Å². The van der Waals surface area contributed by atoms with Crippen molar-refractivity contribution in [2.24, 2.45) is 0 Å². The van der Waals surface area contributed by atoms with Crippen LogP contribution < -0.4 is 0 Å². The van der Waals surface area contributed by atoms with Gasteiger partial charge in [0.05, 0.1) is 11.3 Å². The first kappa shape index (κ1) is 24.0. The highest BCUT2D eigenvalue weighted by molar-refractivity contribution is 7.98. The van der Waals surface area contributed by atoms with E-state index in [9.17, 15) is 9.59 Å². The Morgan fingerprint density at radius 3 is 2.44 bits per heavy atom. The lowest BCUT2D eigenvalue weighted by atomic mass is 10.1. The van der Waals surface area contributed by atoms with E-state index >= 15 is 0 Å². The number of aryl methyl sites for hydroxylation is 3. The number of amides is 2. The highest BCUT2D eigenvalue weighted by Crippen LogP contribution is 2.28. The standard InChI is InChI=1S/C26H30N4O3S/c1-19-23(20(2)33-28-19)18-34-25-22(11-7-13-27-25)26(32)30-16-14-29(15-17-30)24(31)12-6-10-21-8-4-3-5-9-21/h3-5,7-9,11,13H,6,10,12,14-18H2,1-2H3. The lowest BCUT2D eigenvalue weighted by molar-refractivity contribution is -0.132. The fraction of sp³-hybridized carbons (Fsp3) is 0.385. The number of hydrogen-bond acceptors (Lipinski definition) is 6. The molecule has 2 aromatic heterocycles. The number of piperazine rings is 1. The van der Waals surface area contributed by atoms with Gasteiger partial charge >= 0.3 is 0 Å². The first-order valence-electron chi connectivity index (χ1n) is 11.6. The second-order valence-electron chi connectivity index (χ2n) is 8.46. The predicted molar refractivity (Wildman–Crippen MR) is 132 cm³/mol. The minimum absolute atomic E-state index is 0.0365. The van der Waals surface area contributed by atoms with E-state index in [1.807, 2.05) is 47.9 Å². The number of benzene rings is 1. The third-order valence-electron chi connectivity index (χ3n) is 6.15. The van der Waals surface area contributed by atoms with Crippen molar-refractivity contribution in [2.45, 2.75) is 43.9 Å². The van der Waals surface area contributed by atoms with E-state index in [-0.39, 0.29) is 11.8 Å². The van der Waals surface area contributed by atoms with Crippen LogP contribution >= 0.6 is 11.8 Å². The number of rotatable bonds is 8. The summed E-state index contributed by atoms with van der Waals surface area (Å²) in [6.07, 6.45) is 3.98. The molecule has 8 heteroatoms. The Bertz CT molecular complexity index is 1100. The zero-order valence-corrected chi connectivity index (χ0v) is 20.5. The maximum atomic E-state index is 13.3. The third kappa shape index (κ3) is 5.86. The summed E-state index contributed by atoms with van der Waals surface area (Å²) in [6, 6.07) is 13.8. The Kier molecular flexibility index (Phi) is 8.00. The van der Waals surface area contributed by atoms with Crippen LogP contribution in [0.3, 0.4) is 0 Å². The van der Waals surface area contributed by atoms with Crippen LogP contribution in [0.15, 0.2) is 58.2 Å². The summed E-state index contributed by atoms with van der Waals surface area (Å²) in [5.74, 6) is 1.56. The van der Waals surface area contributed by atoms with E-state index in [0.29, 0.717) is 48.9 Å². The first-order chi connectivity index (χ1) is 16.5. The number of aromatic nitrogens is 2. The Morgan fingerprint density at radius 2 is 1.74 bits per heavy atom. The van der Waals surface area contributed by atoms with E-state index in [1.54, 1.807) is 12.3 Å². The highest BCUT2D eigenvalue weighted by atomic mass is 32.2. The Morgan fingerprint density at radius 1 is 1.00 bits per heavy atom. The van der Waals surface area contributed by atoms with Crippen molar-refractivity contribution in [1.29, 1.82) is 0 Å². The monoisotopic (exact) mass is 478 g/mol. The molecule has 0 atom stereocenters. The second kappa shape index (κ2) is 11.3. The smallest absolute Gasteiger partial charge is 0.256 e. The van der Waals surface area contributed by atoms with Crippen LogP contribution in [-0.2, 0) is 17.0 Å². The van der Waals surface area contributed by atoms with E-state index < -0.39 is 0 Å². The van der Waals surface area contributed by atoms with Gasteiger partial charge in [-0.05, 0) is 44.4 Å². The molecular formula is C26H30N4O3S. The summed E-state index contributed by atoms with van der Waals surface area (Å²) >= 11 is 1.51. The highest BCUT2D eigenvalue weighted by Gasteiger charge is 2.26. The molecule has 0 radical (unpaired) electrons. The zero-order valence-electron chi connectivity index (χ0n) is 19.7. The molecule has 0 N–H and O–H groups in total. The fourth-order valence-electron chi connectivity index (χ4n) is 4.09. The van der Waals surface area contributed by atoms with Gasteiger partial charge in [-0.25, -0.2) is 4.98 Å². The molecule has 0 unspecified atom stereocenters. The van der Waals surface area contributed by atoms with E-state index in [4.69, 9.17) is 4.52 Å². The molecule has 0 aliphatic carbocycles. The first-order valence-corrected chi connectivity index (χ1v) is 12.6. The molecule has 34 heavy (non-hydrogen) atoms. The summed E-state index contributed by atoms with van der Waals surface area (Å²) in [6.45, 7) is 6.01. The van der Waals surface area contributed by atoms with Crippen molar-refractivity contribution >= 4 is 23.6 Å². The van der Waals surface area contributed by atoms with Gasteiger partial charge in [-0.15, -0.1) is 11.8 Å². The number of nitrogens with zero attached hydrogens (tertiary/aromatic N) is 4. The number of thioether (sulfide) groups is 1. The molecule has 1 aromatic carbocycles. The quantitative estimate of drug-likeness (QED) is 0.450. The summed E-state index contributed by atoms with van der Waals surface area (Å²) < 4.78 is 5.24. The van der Waals surface area contributed by atoms with E-state index in [0.717, 1.165) is 29.9 Å². The number of pyridine rings is 1. The predicted octanol–water partition coefficient (Wildman–Crippen LogP) is 4.29. The molecular weight excluding hydrogens is 448 g/mol. The van der Waals surface area contributed by atoms with Crippen molar-refractivity contribution in [1.82, 2.24) is 19.9 Å². The van der Waals surface area contributed by atoms with Gasteiger partial charge in [0.25, 0.3) is 5.91 Å². The van der Waals surface area contributed by atoms with Gasteiger partial charge in [-0.1, -0.05) is 35.5 Å². The number of hydrogen-bond donors (Lipinski definition) is 0. The molecule has 1 aliphatic heterocycles. The largest absolute Gasteiger partial charge is 0.361 e. The lowest BCUT2D eigenvalue weighted by Gasteiger charge is -2.35. The molecule has 4 rings (SSSR count). The molecule has 7 nitrogen and oxygen atoms in total. The van der Waals surface area contributed by atoms with E-state index in [2.05, 4.69) is 22.3 Å². The van der Waals surface area contributed by atoms with Crippen LogP contribution in [0.1, 0.15) is 45.8 Å².